The predicted octanol–water partition coefficient (Wildman–Crippen LogP) is 16.4. The number of para-hydroxylation sites is 1. The van der Waals surface area contributed by atoms with Crippen LogP contribution >= 0.6 is 0 Å². The lowest BCUT2D eigenvalue weighted by Crippen LogP contribution is -2.39. The first-order valence-electron chi connectivity index (χ1n) is 25.4. The molecule has 72 heavy (non-hydrogen) atoms. The van der Waals surface area contributed by atoms with Crippen LogP contribution in [0.3, 0.4) is 0 Å². The van der Waals surface area contributed by atoms with Gasteiger partial charge in [0.1, 0.15) is 17.3 Å². The van der Waals surface area contributed by atoms with Gasteiger partial charge >= 0.3 is 0 Å². The number of benzene rings is 7. The van der Waals surface area contributed by atoms with Gasteiger partial charge in [-0.05, 0) is 104 Å². The van der Waals surface area contributed by atoms with E-state index < -0.39 is 0 Å². The molecule has 3 aromatic heterocycles. The van der Waals surface area contributed by atoms with Crippen LogP contribution in [0.2, 0.25) is 0 Å². The van der Waals surface area contributed by atoms with Crippen LogP contribution in [-0.2, 0) is 27.1 Å². The van der Waals surface area contributed by atoms with Crippen LogP contribution in [-0.4, -0.2) is 14.1 Å². The summed E-state index contributed by atoms with van der Waals surface area (Å²) < 4.78 is 13.7. The molecule has 0 aliphatic rings. The Kier molecular flexibility index (Phi) is 12.0. The molecule has 0 bridgehead atoms. The molecule has 0 radical (unpaired) electrons. The SMILES string of the molecule is CC(C)(C)c1cc(Oc2cccc(-n3[c-][n+](-c4cc(C(C)(C)c5ccccc5)cc(C(C)(C)c5ccccc5)c4)c(C(C)(C)C)c3)c2)cc2c1c1ccccc1n2-c1cc(C(C)(C)c2ccccc2)ccn1. The first-order valence-corrected chi connectivity index (χ1v) is 25.4. The van der Waals surface area contributed by atoms with E-state index >= 15 is 0 Å². The Hall–Kier alpha value is -7.50. The van der Waals surface area contributed by atoms with Crippen molar-refractivity contribution in [1.29, 1.82) is 0 Å². The second-order valence-corrected chi connectivity index (χ2v) is 23.3. The van der Waals surface area contributed by atoms with Gasteiger partial charge in [0, 0.05) is 45.5 Å². The molecule has 0 aliphatic carbocycles. The summed E-state index contributed by atoms with van der Waals surface area (Å²) in [4.78, 5) is 5.06. The average Bonchev–Trinajstić information content (AvgIpc) is 3.98. The van der Waals surface area contributed by atoms with Crippen LogP contribution in [0, 0.1) is 6.33 Å². The van der Waals surface area contributed by atoms with Gasteiger partial charge in [0.25, 0.3) is 6.33 Å². The zero-order chi connectivity index (χ0) is 50.8. The van der Waals surface area contributed by atoms with Crippen LogP contribution in [0.25, 0.3) is 39.0 Å². The standard InChI is InChI=1S/C67H68N4O/c1-63(2,3)57-42-55(43-59-62(57)56-33-22-23-34-58(56)71(59)61-40-49(35-36-68-61)65(7,8)46-25-16-13-17-26-46)72-54-32-24-31-52(41-54)69-44-60(64(4,5)6)70(45-69)53-38-50(66(9,10)47-27-18-14-19-28-47)37-51(39-53)67(11,12)48-29-20-15-21-30-48/h13-44H,1-12H3. The van der Waals surface area contributed by atoms with Crippen LogP contribution in [0.4, 0.5) is 0 Å². The maximum atomic E-state index is 7.02. The maximum Gasteiger partial charge on any atom is 0.269 e. The number of pyridine rings is 1. The summed E-state index contributed by atoms with van der Waals surface area (Å²) in [5.74, 6) is 2.38. The Labute approximate surface area is 427 Å². The van der Waals surface area contributed by atoms with Crippen LogP contribution in [0.5, 0.6) is 11.5 Å². The largest absolute Gasteiger partial charge is 0.458 e. The fraction of sp³-hybridized carbons (Fsp3) is 0.254. The second kappa shape index (κ2) is 18.0. The number of fused-ring (bicyclic) bond motifs is 3. The highest BCUT2D eigenvalue weighted by molar-refractivity contribution is 6.11. The first kappa shape index (κ1) is 48.1. The summed E-state index contributed by atoms with van der Waals surface area (Å²) in [6.45, 7) is 27.6. The highest BCUT2D eigenvalue weighted by Gasteiger charge is 2.32. The monoisotopic (exact) mass is 945 g/mol. The van der Waals surface area contributed by atoms with Crippen molar-refractivity contribution in [3.63, 3.8) is 0 Å². The lowest BCUT2D eigenvalue weighted by molar-refractivity contribution is -0.611. The Morgan fingerprint density at radius 3 is 1.58 bits per heavy atom. The van der Waals surface area contributed by atoms with Gasteiger partial charge in [0.05, 0.1) is 28.1 Å². The second-order valence-electron chi connectivity index (χ2n) is 23.3. The number of aromatic nitrogens is 4. The van der Waals surface area contributed by atoms with Crippen LogP contribution < -0.4 is 9.30 Å². The van der Waals surface area contributed by atoms with E-state index in [2.05, 4.69) is 285 Å². The van der Waals surface area contributed by atoms with E-state index in [1.165, 1.54) is 49.7 Å². The van der Waals surface area contributed by atoms with E-state index in [0.29, 0.717) is 0 Å². The van der Waals surface area contributed by atoms with Crippen molar-refractivity contribution in [3.8, 4) is 28.7 Å². The molecule has 0 fully saturated rings. The summed E-state index contributed by atoms with van der Waals surface area (Å²) in [6, 6.07) is 65.5. The van der Waals surface area contributed by atoms with Gasteiger partial charge in [-0.3, -0.25) is 13.7 Å². The van der Waals surface area contributed by atoms with Crippen molar-refractivity contribution >= 4 is 21.8 Å². The topological polar surface area (TPSA) is 35.9 Å². The highest BCUT2D eigenvalue weighted by atomic mass is 16.5. The zero-order valence-electron chi connectivity index (χ0n) is 44.2. The normalized spacial score (nSPS) is 12.7. The number of rotatable bonds is 11. The molecule has 0 amide bonds. The Balaban J connectivity index is 1.08. The van der Waals surface area contributed by atoms with Gasteiger partial charge in [-0.15, -0.1) is 0 Å². The zero-order valence-corrected chi connectivity index (χ0v) is 44.2. The summed E-state index contributed by atoms with van der Waals surface area (Å²) in [6.07, 6.45) is 8.02. The van der Waals surface area contributed by atoms with E-state index in [1.807, 2.05) is 12.3 Å². The Bertz CT molecular complexity index is 3510. The van der Waals surface area contributed by atoms with Crippen molar-refractivity contribution in [1.82, 2.24) is 14.1 Å². The molecule has 3 heterocycles. The van der Waals surface area contributed by atoms with Crippen LogP contribution in [0.15, 0.2) is 194 Å². The Morgan fingerprint density at radius 2 is 1.01 bits per heavy atom. The van der Waals surface area contributed by atoms with Crippen molar-refractivity contribution in [2.24, 2.45) is 0 Å². The molecule has 5 nitrogen and oxygen atoms in total. The summed E-state index contributed by atoms with van der Waals surface area (Å²) in [7, 11) is 0. The number of nitrogens with zero attached hydrogens (tertiary/aromatic N) is 4. The molecule has 0 N–H and O–H groups in total. The molecule has 362 valence electrons. The quantitative estimate of drug-likeness (QED) is 0.0957. The number of hydrogen-bond donors (Lipinski definition) is 0. The lowest BCUT2D eigenvalue weighted by atomic mass is 9.73. The van der Waals surface area contributed by atoms with Gasteiger partial charge < -0.3 is 4.74 Å². The minimum absolute atomic E-state index is 0.195. The third kappa shape index (κ3) is 8.84. The summed E-state index contributed by atoms with van der Waals surface area (Å²) in [5, 5.41) is 2.40. The molecule has 0 aliphatic heterocycles. The molecule has 0 saturated carbocycles. The lowest BCUT2D eigenvalue weighted by Gasteiger charge is -2.32. The van der Waals surface area contributed by atoms with Crippen molar-refractivity contribution in [2.45, 2.75) is 110 Å². The average molecular weight is 945 g/mol. The number of ether oxygens (including phenoxy) is 1. The maximum absolute atomic E-state index is 7.02. The van der Waals surface area contributed by atoms with Crippen LogP contribution in [0.1, 0.15) is 128 Å². The highest BCUT2D eigenvalue weighted by Crippen LogP contribution is 2.44. The van der Waals surface area contributed by atoms with E-state index in [1.54, 1.807) is 0 Å². The van der Waals surface area contributed by atoms with Gasteiger partial charge in [0.15, 0.2) is 0 Å². The fourth-order valence-corrected chi connectivity index (χ4v) is 10.5. The van der Waals surface area contributed by atoms with Gasteiger partial charge in [-0.2, -0.15) is 0 Å². The molecular weight excluding hydrogens is 877 g/mol. The van der Waals surface area contributed by atoms with Crippen molar-refractivity contribution in [2.75, 3.05) is 0 Å². The third-order valence-corrected chi connectivity index (χ3v) is 15.2. The number of hydrogen-bond acceptors (Lipinski definition) is 2. The van der Waals surface area contributed by atoms with E-state index in [0.717, 1.165) is 45.4 Å². The smallest absolute Gasteiger partial charge is 0.269 e. The molecule has 10 aromatic rings. The molecule has 5 heteroatoms. The van der Waals surface area contributed by atoms with Gasteiger partial charge in [-0.1, -0.05) is 204 Å². The molecule has 0 spiro atoms. The van der Waals surface area contributed by atoms with Gasteiger partial charge in [-0.25, -0.2) is 4.98 Å². The molecular formula is C67H68N4O. The summed E-state index contributed by atoms with van der Waals surface area (Å²) in [5.41, 5.74) is 12.9. The van der Waals surface area contributed by atoms with E-state index in [9.17, 15) is 0 Å². The van der Waals surface area contributed by atoms with E-state index in [4.69, 9.17) is 9.72 Å². The van der Waals surface area contributed by atoms with Gasteiger partial charge in [0.2, 0.25) is 0 Å². The third-order valence-electron chi connectivity index (χ3n) is 15.2. The molecule has 7 aromatic carbocycles. The van der Waals surface area contributed by atoms with Crippen molar-refractivity contribution in [3.05, 3.63) is 245 Å². The summed E-state index contributed by atoms with van der Waals surface area (Å²) >= 11 is 0. The minimum Gasteiger partial charge on any atom is -0.458 e. The fourth-order valence-electron chi connectivity index (χ4n) is 10.5. The first-order chi connectivity index (χ1) is 34.2. The Morgan fingerprint density at radius 1 is 0.458 bits per heavy atom. The van der Waals surface area contributed by atoms with Crippen molar-refractivity contribution < 1.29 is 9.30 Å². The van der Waals surface area contributed by atoms with E-state index in [-0.39, 0.29) is 27.1 Å². The predicted molar refractivity (Wildman–Crippen MR) is 298 cm³/mol. The number of imidazole rings is 1. The minimum atomic E-state index is -0.264. The molecule has 0 unspecified atom stereocenters. The molecule has 0 saturated heterocycles. The molecule has 0 atom stereocenters. The molecule has 10 rings (SSSR count).